The molecule has 0 rings (SSSR count). The molecule has 11 heavy (non-hydrogen) atoms. The Hall–Kier alpha value is -0.630. The van der Waals surface area contributed by atoms with E-state index in [9.17, 15) is 4.79 Å². The first-order valence-electron chi connectivity index (χ1n) is 3.47. The minimum Gasteiger partial charge on any atom is -0.298 e. The van der Waals surface area contributed by atoms with Crippen LogP contribution in [-0.4, -0.2) is 11.5 Å². The Kier molecular flexibility index (Phi) is 4.79. The molecular formula is C8H12ClNO. The molecule has 0 radical (unpaired) electrons. The van der Waals surface area contributed by atoms with Crippen LogP contribution in [0.4, 0.5) is 0 Å². The van der Waals surface area contributed by atoms with Crippen LogP contribution in [-0.2, 0) is 4.79 Å². The van der Waals surface area contributed by atoms with Crippen molar-refractivity contribution in [2.45, 2.75) is 27.2 Å². The molecule has 0 aromatic carbocycles. The number of allylic oxidation sites excluding steroid dienone is 2. The number of aliphatic imine (C=N–C) groups is 1. The van der Waals surface area contributed by atoms with Crippen molar-refractivity contribution in [3.8, 4) is 0 Å². The zero-order valence-electron chi connectivity index (χ0n) is 7.02. The predicted molar refractivity (Wildman–Crippen MR) is 48.0 cm³/mol. The summed E-state index contributed by atoms with van der Waals surface area (Å²) < 4.78 is 0. The van der Waals surface area contributed by atoms with Gasteiger partial charge < -0.3 is 0 Å². The number of hydrogen-bond acceptors (Lipinski definition) is 2. The van der Waals surface area contributed by atoms with E-state index < -0.39 is 0 Å². The Morgan fingerprint density at radius 2 is 2.09 bits per heavy atom. The van der Waals surface area contributed by atoms with E-state index in [1.54, 1.807) is 13.8 Å². The van der Waals surface area contributed by atoms with Crippen molar-refractivity contribution in [2.75, 3.05) is 0 Å². The van der Waals surface area contributed by atoms with E-state index in [2.05, 4.69) is 4.99 Å². The Bertz CT molecular complexity index is 206. The summed E-state index contributed by atoms with van der Waals surface area (Å²) in [5.41, 5.74) is 1.31. The minimum absolute atomic E-state index is 0.531. The summed E-state index contributed by atoms with van der Waals surface area (Å²) in [5.74, 6) is 0. The number of hydrogen-bond donors (Lipinski definition) is 0. The van der Waals surface area contributed by atoms with Crippen LogP contribution in [0.15, 0.2) is 16.3 Å². The van der Waals surface area contributed by atoms with Crippen LogP contribution >= 0.6 is 11.6 Å². The summed E-state index contributed by atoms with van der Waals surface area (Å²) >= 11 is 5.66. The molecule has 0 aromatic rings. The average molecular weight is 174 g/mol. The van der Waals surface area contributed by atoms with Crippen LogP contribution < -0.4 is 0 Å². The molecule has 0 aromatic heterocycles. The number of halogens is 1. The fourth-order valence-corrected chi connectivity index (χ4v) is 0.561. The second-order valence-corrected chi connectivity index (χ2v) is 2.66. The lowest BCUT2D eigenvalue weighted by molar-refractivity contribution is -0.104. The molecule has 0 aliphatic rings. The monoisotopic (exact) mass is 173 g/mol. The second-order valence-electron chi connectivity index (χ2n) is 2.23. The SMILES string of the molecule is CCC(Cl)=N/C(C)=C(\C)C=O. The first-order valence-corrected chi connectivity index (χ1v) is 3.85. The molecule has 2 nitrogen and oxygen atoms in total. The molecule has 0 heterocycles. The van der Waals surface area contributed by atoms with Gasteiger partial charge in [0.15, 0.2) is 0 Å². The predicted octanol–water partition coefficient (Wildman–Crippen LogP) is 2.53. The van der Waals surface area contributed by atoms with Gasteiger partial charge in [-0.15, -0.1) is 0 Å². The van der Waals surface area contributed by atoms with Gasteiger partial charge in [0.1, 0.15) is 11.5 Å². The molecule has 0 amide bonds. The third-order valence-corrected chi connectivity index (χ3v) is 1.68. The Morgan fingerprint density at radius 1 is 1.55 bits per heavy atom. The van der Waals surface area contributed by atoms with Gasteiger partial charge >= 0.3 is 0 Å². The highest BCUT2D eigenvalue weighted by Gasteiger charge is 1.94. The average Bonchev–Trinajstić information content (AvgIpc) is 2.02. The number of carbonyl (C=O) groups is 1. The maximum atomic E-state index is 10.2. The van der Waals surface area contributed by atoms with E-state index in [1.165, 1.54) is 0 Å². The largest absolute Gasteiger partial charge is 0.298 e. The van der Waals surface area contributed by atoms with E-state index in [1.807, 2.05) is 6.92 Å². The van der Waals surface area contributed by atoms with Gasteiger partial charge in [0.05, 0.1) is 0 Å². The number of nitrogens with zero attached hydrogens (tertiary/aromatic N) is 1. The maximum Gasteiger partial charge on any atom is 0.147 e. The molecule has 0 saturated heterocycles. The summed E-state index contributed by atoms with van der Waals surface area (Å²) in [6.45, 7) is 5.39. The number of aldehydes is 1. The van der Waals surface area contributed by atoms with E-state index in [0.717, 1.165) is 6.29 Å². The normalized spacial score (nSPS) is 14.4. The van der Waals surface area contributed by atoms with Gasteiger partial charge in [-0.2, -0.15) is 0 Å². The van der Waals surface area contributed by atoms with Crippen molar-refractivity contribution in [3.05, 3.63) is 11.3 Å². The van der Waals surface area contributed by atoms with Gasteiger partial charge in [-0.1, -0.05) is 18.5 Å². The summed E-state index contributed by atoms with van der Waals surface area (Å²) in [4.78, 5) is 14.2. The lowest BCUT2D eigenvalue weighted by Crippen LogP contribution is -1.87. The van der Waals surface area contributed by atoms with Gasteiger partial charge in [-0.25, -0.2) is 4.99 Å². The van der Waals surface area contributed by atoms with Crippen molar-refractivity contribution in [1.29, 1.82) is 0 Å². The molecule has 0 aliphatic heterocycles. The molecule has 0 atom stereocenters. The van der Waals surface area contributed by atoms with Gasteiger partial charge in [-0.05, 0) is 20.3 Å². The molecule has 0 aliphatic carbocycles. The quantitative estimate of drug-likeness (QED) is 0.366. The zero-order valence-corrected chi connectivity index (χ0v) is 7.77. The van der Waals surface area contributed by atoms with E-state index in [4.69, 9.17) is 11.6 Å². The van der Waals surface area contributed by atoms with Crippen molar-refractivity contribution in [2.24, 2.45) is 4.99 Å². The van der Waals surface area contributed by atoms with E-state index >= 15 is 0 Å². The summed E-state index contributed by atoms with van der Waals surface area (Å²) in [6.07, 6.45) is 1.48. The van der Waals surface area contributed by atoms with Crippen molar-refractivity contribution in [1.82, 2.24) is 0 Å². The molecular weight excluding hydrogens is 162 g/mol. The molecule has 0 unspecified atom stereocenters. The Labute approximate surface area is 72.0 Å². The lowest BCUT2D eigenvalue weighted by Gasteiger charge is -1.95. The van der Waals surface area contributed by atoms with Crippen LogP contribution in [0.2, 0.25) is 0 Å². The minimum atomic E-state index is 0.531. The third kappa shape index (κ3) is 3.94. The zero-order chi connectivity index (χ0) is 8.85. The van der Waals surface area contributed by atoms with Crippen LogP contribution in [0.1, 0.15) is 27.2 Å². The standard InChI is InChI=1S/C8H12ClNO/c1-4-8(9)10-7(3)6(2)5-11/h5H,4H2,1-3H3/b7-6+,10-8?. The maximum absolute atomic E-state index is 10.2. The molecule has 0 N–H and O–H groups in total. The molecule has 62 valence electrons. The summed E-state index contributed by atoms with van der Waals surface area (Å²) in [7, 11) is 0. The van der Waals surface area contributed by atoms with E-state index in [0.29, 0.717) is 22.9 Å². The van der Waals surface area contributed by atoms with Crippen molar-refractivity contribution < 1.29 is 4.79 Å². The third-order valence-electron chi connectivity index (χ3n) is 1.33. The molecule has 0 saturated carbocycles. The van der Waals surface area contributed by atoms with Gasteiger partial charge in [-0.3, -0.25) is 4.79 Å². The molecule has 0 bridgehead atoms. The van der Waals surface area contributed by atoms with Crippen LogP contribution in [0.3, 0.4) is 0 Å². The number of carbonyl (C=O) groups excluding carboxylic acids is 1. The highest BCUT2D eigenvalue weighted by atomic mass is 35.5. The van der Waals surface area contributed by atoms with Gasteiger partial charge in [0.25, 0.3) is 0 Å². The number of rotatable bonds is 3. The topological polar surface area (TPSA) is 29.4 Å². The Morgan fingerprint density at radius 3 is 2.45 bits per heavy atom. The van der Waals surface area contributed by atoms with Crippen LogP contribution in [0.5, 0.6) is 0 Å². The first-order chi connectivity index (χ1) is 5.11. The molecule has 0 fully saturated rings. The summed E-state index contributed by atoms with van der Waals surface area (Å²) in [6, 6.07) is 0. The highest BCUT2D eigenvalue weighted by Crippen LogP contribution is 2.05. The Balaban J connectivity index is 4.49. The highest BCUT2D eigenvalue weighted by molar-refractivity contribution is 6.65. The molecule has 0 spiro atoms. The van der Waals surface area contributed by atoms with Crippen LogP contribution in [0, 0.1) is 0 Å². The van der Waals surface area contributed by atoms with Gasteiger partial charge in [0.2, 0.25) is 0 Å². The van der Waals surface area contributed by atoms with E-state index in [-0.39, 0.29) is 0 Å². The lowest BCUT2D eigenvalue weighted by atomic mass is 10.3. The summed E-state index contributed by atoms with van der Waals surface area (Å²) in [5, 5.41) is 0.531. The van der Waals surface area contributed by atoms with Crippen LogP contribution in [0.25, 0.3) is 0 Å². The second kappa shape index (κ2) is 5.08. The van der Waals surface area contributed by atoms with Gasteiger partial charge in [0, 0.05) is 11.3 Å². The fourth-order valence-electron chi connectivity index (χ4n) is 0.434. The van der Waals surface area contributed by atoms with Crippen molar-refractivity contribution >= 4 is 23.1 Å². The fraction of sp³-hybridized carbons (Fsp3) is 0.500. The smallest absolute Gasteiger partial charge is 0.147 e. The van der Waals surface area contributed by atoms with Crippen molar-refractivity contribution in [3.63, 3.8) is 0 Å². The first kappa shape index (κ1) is 10.4. The molecule has 3 heteroatoms.